The van der Waals surface area contributed by atoms with Gasteiger partial charge in [0.05, 0.1) is 0 Å². The number of benzene rings is 2. The standard InChI is InChI=1S/C23H23ClN4O2S/c24-19-8-6-18(7-9-19)23(10-11-23)16-30-22(29)28-14-12-27(13-15-28)21-25-20(26-31-21)17-4-2-1-3-5-17/h1-9H,10-16H2. The van der Waals surface area contributed by atoms with Crippen LogP contribution in [0.2, 0.25) is 5.02 Å². The molecule has 1 aliphatic carbocycles. The lowest BCUT2D eigenvalue weighted by Crippen LogP contribution is -2.49. The predicted molar refractivity (Wildman–Crippen MR) is 123 cm³/mol. The number of ether oxygens (including phenoxy) is 1. The Balaban J connectivity index is 1.14. The molecule has 0 bridgehead atoms. The summed E-state index contributed by atoms with van der Waals surface area (Å²) in [6.07, 6.45) is 1.84. The van der Waals surface area contributed by atoms with E-state index < -0.39 is 0 Å². The molecule has 2 fully saturated rings. The van der Waals surface area contributed by atoms with E-state index in [0.717, 1.165) is 47.5 Å². The fraction of sp³-hybridized carbons (Fsp3) is 0.348. The maximum atomic E-state index is 12.6. The van der Waals surface area contributed by atoms with Crippen molar-refractivity contribution in [2.75, 3.05) is 37.7 Å². The first kappa shape index (κ1) is 20.3. The van der Waals surface area contributed by atoms with Gasteiger partial charge in [0.25, 0.3) is 0 Å². The Kier molecular flexibility index (Phi) is 5.54. The zero-order chi connectivity index (χ0) is 21.3. The van der Waals surface area contributed by atoms with Crippen molar-refractivity contribution in [3.63, 3.8) is 0 Å². The topological polar surface area (TPSA) is 58.6 Å². The largest absolute Gasteiger partial charge is 0.448 e. The lowest BCUT2D eigenvalue weighted by atomic mass is 9.97. The molecular weight excluding hydrogens is 432 g/mol. The van der Waals surface area contributed by atoms with Gasteiger partial charge in [-0.3, -0.25) is 0 Å². The van der Waals surface area contributed by atoms with E-state index in [1.807, 2.05) is 54.6 Å². The molecular formula is C23H23ClN4O2S. The van der Waals surface area contributed by atoms with Gasteiger partial charge in [0.15, 0.2) is 5.82 Å². The normalized spacial score (nSPS) is 17.5. The SMILES string of the molecule is O=C(OCC1(c2ccc(Cl)cc2)CC1)N1CCN(c2nc(-c3ccccc3)ns2)CC1. The zero-order valence-electron chi connectivity index (χ0n) is 17.0. The second-order valence-corrected chi connectivity index (χ2v) is 9.25. The molecule has 1 aromatic heterocycles. The number of rotatable bonds is 5. The molecule has 1 saturated heterocycles. The van der Waals surface area contributed by atoms with Crippen molar-refractivity contribution >= 4 is 34.4 Å². The Morgan fingerprint density at radius 2 is 1.74 bits per heavy atom. The second-order valence-electron chi connectivity index (χ2n) is 8.08. The smallest absolute Gasteiger partial charge is 0.409 e. The number of carbonyl (C=O) groups excluding carboxylic acids is 1. The number of hydrogen-bond acceptors (Lipinski definition) is 6. The molecule has 3 aromatic rings. The number of nitrogens with zero attached hydrogens (tertiary/aromatic N) is 4. The molecule has 160 valence electrons. The fourth-order valence-electron chi connectivity index (χ4n) is 3.89. The lowest BCUT2D eigenvalue weighted by Gasteiger charge is -2.34. The molecule has 1 amide bonds. The highest BCUT2D eigenvalue weighted by Gasteiger charge is 2.45. The van der Waals surface area contributed by atoms with Crippen molar-refractivity contribution < 1.29 is 9.53 Å². The van der Waals surface area contributed by atoms with Crippen molar-refractivity contribution in [1.82, 2.24) is 14.3 Å². The molecule has 0 radical (unpaired) electrons. The third-order valence-corrected chi connectivity index (χ3v) is 7.07. The van der Waals surface area contributed by atoms with E-state index in [4.69, 9.17) is 16.3 Å². The van der Waals surface area contributed by atoms with Crippen molar-refractivity contribution in [2.24, 2.45) is 0 Å². The number of amides is 1. The molecule has 2 aliphatic rings. The molecule has 31 heavy (non-hydrogen) atoms. The van der Waals surface area contributed by atoms with E-state index in [1.54, 1.807) is 4.90 Å². The number of hydrogen-bond donors (Lipinski definition) is 0. The van der Waals surface area contributed by atoms with Crippen LogP contribution < -0.4 is 4.90 Å². The summed E-state index contributed by atoms with van der Waals surface area (Å²) in [6, 6.07) is 17.8. The van der Waals surface area contributed by atoms with Crippen LogP contribution in [0.3, 0.4) is 0 Å². The third-order valence-electron chi connectivity index (χ3n) is 6.04. The van der Waals surface area contributed by atoms with Gasteiger partial charge in [-0.05, 0) is 30.5 Å². The summed E-state index contributed by atoms with van der Waals surface area (Å²) in [5.41, 5.74) is 2.17. The van der Waals surface area contributed by atoms with Gasteiger partial charge >= 0.3 is 6.09 Å². The van der Waals surface area contributed by atoms with Crippen molar-refractivity contribution in [1.29, 1.82) is 0 Å². The average Bonchev–Trinajstić information content (AvgIpc) is 3.45. The molecule has 5 rings (SSSR count). The molecule has 0 N–H and O–H groups in total. The quantitative estimate of drug-likeness (QED) is 0.551. The van der Waals surface area contributed by atoms with Gasteiger partial charge in [-0.1, -0.05) is 54.1 Å². The predicted octanol–water partition coefficient (Wildman–Crippen LogP) is 4.85. The van der Waals surface area contributed by atoms with Gasteiger partial charge < -0.3 is 14.5 Å². The average molecular weight is 455 g/mol. The molecule has 6 nitrogen and oxygen atoms in total. The Hall–Kier alpha value is -2.64. The van der Waals surface area contributed by atoms with Crippen LogP contribution >= 0.6 is 23.1 Å². The fourth-order valence-corrected chi connectivity index (χ4v) is 4.76. The van der Waals surface area contributed by atoms with E-state index in [-0.39, 0.29) is 11.5 Å². The highest BCUT2D eigenvalue weighted by Crippen LogP contribution is 2.48. The molecule has 0 atom stereocenters. The van der Waals surface area contributed by atoms with Gasteiger partial charge in [-0.2, -0.15) is 9.36 Å². The minimum absolute atomic E-state index is 0.0392. The molecule has 0 spiro atoms. The van der Waals surface area contributed by atoms with Crippen LogP contribution in [-0.2, 0) is 10.2 Å². The van der Waals surface area contributed by atoms with Crippen LogP contribution in [0.1, 0.15) is 18.4 Å². The first-order chi connectivity index (χ1) is 15.1. The Morgan fingerprint density at radius 1 is 1.03 bits per heavy atom. The van der Waals surface area contributed by atoms with E-state index in [2.05, 4.69) is 14.3 Å². The number of aromatic nitrogens is 2. The van der Waals surface area contributed by atoms with Crippen LogP contribution in [0.4, 0.5) is 9.93 Å². The number of anilines is 1. The van der Waals surface area contributed by atoms with Crippen molar-refractivity contribution in [3.05, 3.63) is 65.2 Å². The second kappa shape index (κ2) is 8.48. The summed E-state index contributed by atoms with van der Waals surface area (Å²) in [5, 5.41) is 1.62. The van der Waals surface area contributed by atoms with Crippen molar-refractivity contribution in [3.8, 4) is 11.4 Å². The molecule has 8 heteroatoms. The maximum Gasteiger partial charge on any atom is 0.409 e. The van der Waals surface area contributed by atoms with Crippen LogP contribution in [0.5, 0.6) is 0 Å². The minimum atomic E-state index is -0.234. The van der Waals surface area contributed by atoms with E-state index >= 15 is 0 Å². The van der Waals surface area contributed by atoms with Gasteiger partial charge in [-0.25, -0.2) is 4.79 Å². The summed E-state index contributed by atoms with van der Waals surface area (Å²) in [5.74, 6) is 0.749. The van der Waals surface area contributed by atoms with Gasteiger partial charge in [0.2, 0.25) is 5.13 Å². The molecule has 1 saturated carbocycles. The monoisotopic (exact) mass is 454 g/mol. The molecule has 2 aromatic carbocycles. The third kappa shape index (κ3) is 4.38. The van der Waals surface area contributed by atoms with E-state index in [1.165, 1.54) is 17.1 Å². The number of piperazine rings is 1. The minimum Gasteiger partial charge on any atom is -0.448 e. The molecule has 2 heterocycles. The van der Waals surface area contributed by atoms with Crippen molar-refractivity contribution in [2.45, 2.75) is 18.3 Å². The van der Waals surface area contributed by atoms with Crippen LogP contribution in [0, 0.1) is 0 Å². The van der Waals surface area contributed by atoms with E-state index in [0.29, 0.717) is 19.7 Å². The number of carbonyl (C=O) groups is 1. The van der Waals surface area contributed by atoms with Crippen LogP contribution in [-0.4, -0.2) is 53.1 Å². The zero-order valence-corrected chi connectivity index (χ0v) is 18.6. The summed E-state index contributed by atoms with van der Waals surface area (Å²) < 4.78 is 10.2. The van der Waals surface area contributed by atoms with Gasteiger partial charge in [0, 0.05) is 53.7 Å². The molecule has 0 unspecified atom stereocenters. The Labute approximate surface area is 190 Å². The summed E-state index contributed by atoms with van der Waals surface area (Å²) in [4.78, 5) is 21.3. The van der Waals surface area contributed by atoms with E-state index in [9.17, 15) is 4.79 Å². The molecule has 1 aliphatic heterocycles. The summed E-state index contributed by atoms with van der Waals surface area (Å²) in [7, 11) is 0. The summed E-state index contributed by atoms with van der Waals surface area (Å²) in [6.45, 7) is 3.10. The first-order valence-electron chi connectivity index (χ1n) is 10.4. The first-order valence-corrected chi connectivity index (χ1v) is 11.6. The van der Waals surface area contributed by atoms with Gasteiger partial charge in [-0.15, -0.1) is 0 Å². The Morgan fingerprint density at radius 3 is 2.42 bits per heavy atom. The Bertz CT molecular complexity index is 1040. The highest BCUT2D eigenvalue weighted by molar-refractivity contribution is 7.09. The maximum absolute atomic E-state index is 12.6. The summed E-state index contributed by atoms with van der Waals surface area (Å²) >= 11 is 7.40. The van der Waals surface area contributed by atoms with Crippen LogP contribution in [0.15, 0.2) is 54.6 Å². The number of halogens is 1. The lowest BCUT2D eigenvalue weighted by molar-refractivity contribution is 0.0916. The van der Waals surface area contributed by atoms with Crippen LogP contribution in [0.25, 0.3) is 11.4 Å². The van der Waals surface area contributed by atoms with Gasteiger partial charge in [0.1, 0.15) is 6.61 Å². The highest BCUT2D eigenvalue weighted by atomic mass is 35.5.